The van der Waals surface area contributed by atoms with Crippen molar-refractivity contribution >= 4 is 35.0 Å². The van der Waals surface area contributed by atoms with Crippen LogP contribution in [0.5, 0.6) is 5.75 Å². The van der Waals surface area contributed by atoms with E-state index in [-0.39, 0.29) is 6.54 Å². The van der Waals surface area contributed by atoms with Crippen molar-refractivity contribution in [1.29, 1.82) is 0 Å². The summed E-state index contributed by atoms with van der Waals surface area (Å²) in [7, 11) is 1.47. The van der Waals surface area contributed by atoms with Crippen molar-refractivity contribution in [2.24, 2.45) is 0 Å². The first-order valence-corrected chi connectivity index (χ1v) is 8.26. The third-order valence-electron chi connectivity index (χ3n) is 3.72. The lowest BCUT2D eigenvalue weighted by atomic mass is 10.1. The van der Waals surface area contributed by atoms with Crippen molar-refractivity contribution < 1.29 is 23.9 Å². The molecule has 8 heteroatoms. The highest BCUT2D eigenvalue weighted by molar-refractivity contribution is 7.09. The van der Waals surface area contributed by atoms with Crippen LogP contribution in [0.4, 0.5) is 4.79 Å². The summed E-state index contributed by atoms with van der Waals surface area (Å²) >= 11 is 1.37. The van der Waals surface area contributed by atoms with Crippen LogP contribution in [0.1, 0.15) is 15.2 Å². The van der Waals surface area contributed by atoms with Crippen LogP contribution in [-0.2, 0) is 16.1 Å². The van der Waals surface area contributed by atoms with Crippen molar-refractivity contribution in [1.82, 2.24) is 9.80 Å². The van der Waals surface area contributed by atoms with Crippen LogP contribution in [0.25, 0.3) is 0 Å². The van der Waals surface area contributed by atoms with Crippen LogP contribution >= 0.6 is 11.3 Å². The first-order chi connectivity index (χ1) is 12.0. The van der Waals surface area contributed by atoms with Gasteiger partial charge in [-0.25, -0.2) is 9.69 Å². The molecule has 128 valence electrons. The lowest BCUT2D eigenvalue weighted by Gasteiger charge is -2.14. The maximum Gasteiger partial charge on any atom is 0.335 e. The normalized spacial score (nSPS) is 14.4. The number of benzene rings is 1. The van der Waals surface area contributed by atoms with Gasteiger partial charge in [0.1, 0.15) is 5.75 Å². The van der Waals surface area contributed by atoms with Crippen molar-refractivity contribution in [3.8, 4) is 5.75 Å². The molecule has 0 aliphatic carbocycles. The standard InChI is InChI=1S/C17H14N2O5S/c1-24-12-5-2-4-11(8-12)14(20)10-19-16(22)15(21)18(17(19)23)9-13-6-3-7-25-13/h2-8H,9-10H2,1H3. The molecule has 1 aromatic carbocycles. The maximum absolute atomic E-state index is 12.4. The number of carbonyl (C=O) groups is 4. The van der Waals surface area contributed by atoms with E-state index in [1.54, 1.807) is 30.3 Å². The summed E-state index contributed by atoms with van der Waals surface area (Å²) in [6, 6.07) is 9.15. The van der Waals surface area contributed by atoms with Gasteiger partial charge in [-0.3, -0.25) is 19.3 Å². The first-order valence-electron chi connectivity index (χ1n) is 7.38. The number of methoxy groups -OCH3 is 1. The molecule has 2 heterocycles. The fourth-order valence-corrected chi connectivity index (χ4v) is 3.11. The molecule has 0 bridgehead atoms. The van der Waals surface area contributed by atoms with E-state index in [2.05, 4.69) is 0 Å². The summed E-state index contributed by atoms with van der Waals surface area (Å²) in [5, 5.41) is 1.81. The number of rotatable bonds is 6. The molecule has 1 aliphatic heterocycles. The van der Waals surface area contributed by atoms with Gasteiger partial charge in [0.25, 0.3) is 0 Å². The molecule has 0 unspecified atom stereocenters. The smallest absolute Gasteiger partial charge is 0.335 e. The Balaban J connectivity index is 1.75. The Labute approximate surface area is 147 Å². The molecule has 0 radical (unpaired) electrons. The molecular weight excluding hydrogens is 344 g/mol. The highest BCUT2D eigenvalue weighted by Gasteiger charge is 2.45. The minimum absolute atomic E-state index is 0.0188. The molecule has 25 heavy (non-hydrogen) atoms. The molecule has 1 aliphatic rings. The number of Topliss-reactive ketones (excluding diaryl/α,β-unsaturated/α-hetero) is 1. The Morgan fingerprint density at radius 1 is 1.08 bits per heavy atom. The number of urea groups is 1. The predicted octanol–water partition coefficient (Wildman–Crippen LogP) is 1.93. The number of hydrogen-bond donors (Lipinski definition) is 0. The second-order valence-corrected chi connectivity index (χ2v) is 6.33. The third kappa shape index (κ3) is 3.29. The number of ether oxygens (including phenoxy) is 1. The van der Waals surface area contributed by atoms with Gasteiger partial charge in [-0.15, -0.1) is 11.3 Å². The second-order valence-electron chi connectivity index (χ2n) is 5.30. The molecule has 1 aromatic heterocycles. The zero-order valence-electron chi connectivity index (χ0n) is 13.3. The van der Waals surface area contributed by atoms with Crippen molar-refractivity contribution in [3.05, 3.63) is 52.2 Å². The quantitative estimate of drug-likeness (QED) is 0.448. The number of carbonyl (C=O) groups excluding carboxylic acids is 4. The lowest BCUT2D eigenvalue weighted by Crippen LogP contribution is -2.36. The van der Waals surface area contributed by atoms with Crippen LogP contribution < -0.4 is 4.74 Å². The average molecular weight is 358 g/mol. The molecule has 0 N–H and O–H groups in total. The molecule has 3 rings (SSSR count). The fraction of sp³-hybridized carbons (Fsp3) is 0.176. The summed E-state index contributed by atoms with van der Waals surface area (Å²) in [5.41, 5.74) is 0.295. The zero-order valence-corrected chi connectivity index (χ0v) is 14.1. The molecule has 0 atom stereocenters. The lowest BCUT2D eigenvalue weighted by molar-refractivity contribution is -0.143. The molecule has 1 saturated heterocycles. The van der Waals surface area contributed by atoms with Crippen LogP contribution in [0, 0.1) is 0 Å². The second kappa shape index (κ2) is 6.86. The van der Waals surface area contributed by atoms with Crippen LogP contribution in [-0.4, -0.2) is 47.1 Å². The number of nitrogens with zero attached hydrogens (tertiary/aromatic N) is 2. The average Bonchev–Trinajstić information content (AvgIpc) is 3.21. The van der Waals surface area contributed by atoms with E-state index in [0.29, 0.717) is 16.2 Å². The Bertz CT molecular complexity index is 846. The number of imide groups is 2. The fourth-order valence-electron chi connectivity index (χ4n) is 2.42. The van der Waals surface area contributed by atoms with Gasteiger partial charge < -0.3 is 4.74 Å². The van der Waals surface area contributed by atoms with Gasteiger partial charge in [-0.2, -0.15) is 0 Å². The summed E-state index contributed by atoms with van der Waals surface area (Å²) in [6.45, 7) is -0.470. The largest absolute Gasteiger partial charge is 0.497 e. The minimum Gasteiger partial charge on any atom is -0.497 e. The van der Waals surface area contributed by atoms with Gasteiger partial charge in [0.05, 0.1) is 20.2 Å². The SMILES string of the molecule is COc1cccc(C(=O)CN2C(=O)C(=O)N(Cc3cccs3)C2=O)c1. The van der Waals surface area contributed by atoms with Crippen LogP contribution in [0.3, 0.4) is 0 Å². The van der Waals surface area contributed by atoms with Crippen LogP contribution in [0.2, 0.25) is 0 Å². The molecule has 1 fully saturated rings. The summed E-state index contributed by atoms with van der Waals surface area (Å²) < 4.78 is 5.05. The Morgan fingerprint density at radius 2 is 1.84 bits per heavy atom. The number of thiophene rings is 1. The Morgan fingerprint density at radius 3 is 2.52 bits per heavy atom. The van der Waals surface area contributed by atoms with E-state index in [9.17, 15) is 19.2 Å². The first kappa shape index (κ1) is 16.8. The van der Waals surface area contributed by atoms with E-state index >= 15 is 0 Å². The summed E-state index contributed by atoms with van der Waals surface area (Å²) in [6.07, 6.45) is 0. The van der Waals surface area contributed by atoms with Gasteiger partial charge in [-0.1, -0.05) is 18.2 Å². The molecule has 0 spiro atoms. The molecular formula is C17H14N2O5S. The molecule has 2 aromatic rings. The predicted molar refractivity (Wildman–Crippen MR) is 89.3 cm³/mol. The van der Waals surface area contributed by atoms with Gasteiger partial charge in [0, 0.05) is 10.4 Å². The van der Waals surface area contributed by atoms with Gasteiger partial charge in [0.2, 0.25) is 0 Å². The summed E-state index contributed by atoms with van der Waals surface area (Å²) in [5.74, 6) is -1.87. The monoisotopic (exact) mass is 358 g/mol. The van der Waals surface area contributed by atoms with E-state index in [4.69, 9.17) is 4.74 Å². The third-order valence-corrected chi connectivity index (χ3v) is 4.58. The van der Waals surface area contributed by atoms with E-state index in [1.165, 1.54) is 24.5 Å². The van der Waals surface area contributed by atoms with Crippen molar-refractivity contribution in [2.75, 3.05) is 13.7 Å². The highest BCUT2D eigenvalue weighted by atomic mass is 32.1. The van der Waals surface area contributed by atoms with Crippen LogP contribution in [0.15, 0.2) is 41.8 Å². The summed E-state index contributed by atoms with van der Waals surface area (Å²) in [4.78, 5) is 51.2. The van der Waals surface area contributed by atoms with Gasteiger partial charge in [0.15, 0.2) is 5.78 Å². The highest BCUT2D eigenvalue weighted by Crippen LogP contribution is 2.20. The van der Waals surface area contributed by atoms with E-state index in [0.717, 1.165) is 9.78 Å². The molecule has 4 amide bonds. The molecule has 7 nitrogen and oxygen atoms in total. The number of ketones is 1. The van der Waals surface area contributed by atoms with Gasteiger partial charge >= 0.3 is 17.8 Å². The number of hydrogen-bond acceptors (Lipinski definition) is 6. The van der Waals surface area contributed by atoms with Crippen molar-refractivity contribution in [3.63, 3.8) is 0 Å². The zero-order chi connectivity index (χ0) is 18.0. The molecule has 0 saturated carbocycles. The van der Waals surface area contributed by atoms with Gasteiger partial charge in [-0.05, 0) is 23.6 Å². The van der Waals surface area contributed by atoms with E-state index in [1.807, 2.05) is 5.38 Å². The maximum atomic E-state index is 12.4. The number of amides is 4. The minimum atomic E-state index is -0.988. The van der Waals surface area contributed by atoms with Crippen molar-refractivity contribution in [2.45, 2.75) is 6.54 Å². The Hall–Kier alpha value is -3.00. The topological polar surface area (TPSA) is 84.0 Å². The Kier molecular flexibility index (Phi) is 4.62. The van der Waals surface area contributed by atoms with E-state index < -0.39 is 30.2 Å².